The van der Waals surface area contributed by atoms with Gasteiger partial charge in [0.05, 0.1) is 12.7 Å². The Labute approximate surface area is 165 Å². The SMILES string of the molecule is COc1cc(N)c(Br)cc1C(=O)CC1CCN(CC2CCCCC2)CC1. The zero-order valence-electron chi connectivity index (χ0n) is 15.8. The standard InChI is InChI=1S/C21H31BrN2O2/c1-26-21-13-19(23)18(22)12-17(21)20(25)11-15-7-9-24(10-8-15)14-16-5-3-2-4-6-16/h12-13,15-16H,2-11,14,23H2,1H3. The maximum Gasteiger partial charge on any atom is 0.166 e. The molecule has 0 bridgehead atoms. The zero-order chi connectivity index (χ0) is 18.5. The Morgan fingerprint density at radius 3 is 2.50 bits per heavy atom. The third-order valence-corrected chi connectivity index (χ3v) is 6.73. The summed E-state index contributed by atoms with van der Waals surface area (Å²) < 4.78 is 6.12. The first-order valence-electron chi connectivity index (χ1n) is 9.95. The Morgan fingerprint density at radius 1 is 1.15 bits per heavy atom. The summed E-state index contributed by atoms with van der Waals surface area (Å²) in [5.74, 6) is 2.11. The zero-order valence-corrected chi connectivity index (χ0v) is 17.4. The van der Waals surface area contributed by atoms with Gasteiger partial charge in [-0.15, -0.1) is 0 Å². The summed E-state index contributed by atoms with van der Waals surface area (Å²) in [5, 5.41) is 0. The second kappa shape index (κ2) is 9.23. The lowest BCUT2D eigenvalue weighted by atomic mass is 9.86. The molecular formula is C21H31BrN2O2. The minimum atomic E-state index is 0.160. The fourth-order valence-corrected chi connectivity index (χ4v) is 4.78. The number of piperidine rings is 1. The predicted molar refractivity (Wildman–Crippen MR) is 110 cm³/mol. The largest absolute Gasteiger partial charge is 0.496 e. The number of anilines is 1. The third kappa shape index (κ3) is 5.01. The molecule has 2 N–H and O–H groups in total. The first-order chi connectivity index (χ1) is 12.6. The monoisotopic (exact) mass is 422 g/mol. The minimum absolute atomic E-state index is 0.160. The number of nitrogens with zero attached hydrogens (tertiary/aromatic N) is 1. The second-order valence-corrected chi connectivity index (χ2v) is 8.80. The van der Waals surface area contributed by atoms with Crippen molar-refractivity contribution < 1.29 is 9.53 Å². The molecule has 0 spiro atoms. The third-order valence-electron chi connectivity index (χ3n) is 6.04. The van der Waals surface area contributed by atoms with Gasteiger partial charge in [-0.05, 0) is 72.6 Å². The van der Waals surface area contributed by atoms with Crippen LogP contribution in [0.1, 0.15) is 61.7 Å². The predicted octanol–water partition coefficient (Wildman–Crippen LogP) is 4.91. The molecule has 3 rings (SSSR count). The maximum atomic E-state index is 12.8. The molecule has 1 aromatic rings. The Bertz CT molecular complexity index is 621. The van der Waals surface area contributed by atoms with E-state index >= 15 is 0 Å². The number of rotatable bonds is 6. The lowest BCUT2D eigenvalue weighted by Gasteiger charge is -2.35. The van der Waals surface area contributed by atoms with Gasteiger partial charge < -0.3 is 15.4 Å². The van der Waals surface area contributed by atoms with Crippen LogP contribution in [-0.2, 0) is 0 Å². The number of ether oxygens (including phenoxy) is 1. The van der Waals surface area contributed by atoms with E-state index in [1.807, 2.05) is 0 Å². The molecule has 2 aliphatic rings. The topological polar surface area (TPSA) is 55.6 Å². The molecule has 1 aliphatic heterocycles. The van der Waals surface area contributed by atoms with Crippen molar-refractivity contribution in [1.82, 2.24) is 4.90 Å². The van der Waals surface area contributed by atoms with E-state index in [0.717, 1.165) is 36.3 Å². The number of halogens is 1. The molecule has 1 saturated carbocycles. The van der Waals surface area contributed by atoms with Gasteiger partial charge in [-0.3, -0.25) is 4.79 Å². The van der Waals surface area contributed by atoms with Crippen LogP contribution < -0.4 is 10.5 Å². The van der Waals surface area contributed by atoms with Crippen LogP contribution in [0, 0.1) is 11.8 Å². The molecule has 144 valence electrons. The number of hydrogen-bond acceptors (Lipinski definition) is 4. The minimum Gasteiger partial charge on any atom is -0.496 e. The summed E-state index contributed by atoms with van der Waals surface area (Å²) in [5.41, 5.74) is 7.13. The van der Waals surface area contributed by atoms with Crippen LogP contribution in [0.5, 0.6) is 5.75 Å². The molecule has 0 amide bonds. The van der Waals surface area contributed by atoms with Crippen LogP contribution in [0.25, 0.3) is 0 Å². The van der Waals surface area contributed by atoms with Crippen molar-refractivity contribution in [2.75, 3.05) is 32.5 Å². The normalized spacial score (nSPS) is 20.2. The van der Waals surface area contributed by atoms with Gasteiger partial charge in [0.15, 0.2) is 5.78 Å². The Balaban J connectivity index is 1.51. The van der Waals surface area contributed by atoms with Crippen molar-refractivity contribution in [3.63, 3.8) is 0 Å². The first-order valence-corrected chi connectivity index (χ1v) is 10.7. The van der Waals surface area contributed by atoms with E-state index in [1.165, 1.54) is 38.6 Å². The van der Waals surface area contributed by atoms with E-state index in [2.05, 4.69) is 20.8 Å². The van der Waals surface area contributed by atoms with Crippen molar-refractivity contribution in [3.8, 4) is 5.75 Å². The van der Waals surface area contributed by atoms with Crippen LogP contribution in [0.15, 0.2) is 16.6 Å². The molecule has 26 heavy (non-hydrogen) atoms. The smallest absolute Gasteiger partial charge is 0.166 e. The van der Waals surface area contributed by atoms with Gasteiger partial charge in [0, 0.05) is 29.2 Å². The number of hydrogen-bond donors (Lipinski definition) is 1. The van der Waals surface area contributed by atoms with E-state index in [4.69, 9.17) is 10.5 Å². The van der Waals surface area contributed by atoms with Crippen molar-refractivity contribution in [3.05, 3.63) is 22.2 Å². The lowest BCUT2D eigenvalue weighted by Crippen LogP contribution is -2.38. The Morgan fingerprint density at radius 2 is 1.85 bits per heavy atom. The number of carbonyl (C=O) groups excluding carboxylic acids is 1. The number of ketones is 1. The summed E-state index contributed by atoms with van der Waals surface area (Å²) in [7, 11) is 1.59. The van der Waals surface area contributed by atoms with Gasteiger partial charge >= 0.3 is 0 Å². The summed E-state index contributed by atoms with van der Waals surface area (Å²) in [6.45, 7) is 3.54. The van der Waals surface area contributed by atoms with Crippen molar-refractivity contribution in [1.29, 1.82) is 0 Å². The molecule has 0 atom stereocenters. The van der Waals surface area contributed by atoms with E-state index in [-0.39, 0.29) is 5.78 Å². The molecule has 4 nitrogen and oxygen atoms in total. The molecule has 0 unspecified atom stereocenters. The van der Waals surface area contributed by atoms with E-state index in [1.54, 1.807) is 19.2 Å². The van der Waals surface area contributed by atoms with E-state index < -0.39 is 0 Å². The second-order valence-electron chi connectivity index (χ2n) is 7.95. The highest BCUT2D eigenvalue weighted by molar-refractivity contribution is 9.10. The first kappa shape index (κ1) is 19.7. The summed E-state index contributed by atoms with van der Waals surface area (Å²) >= 11 is 3.42. The number of nitrogen functional groups attached to an aromatic ring is 1. The summed E-state index contributed by atoms with van der Waals surface area (Å²) in [6.07, 6.45) is 9.90. The Hall–Kier alpha value is -1.07. The van der Waals surface area contributed by atoms with E-state index in [0.29, 0.717) is 29.3 Å². The number of carbonyl (C=O) groups is 1. The number of methoxy groups -OCH3 is 1. The lowest BCUT2D eigenvalue weighted by molar-refractivity contribution is 0.0911. The average Bonchev–Trinajstić information content (AvgIpc) is 2.66. The maximum absolute atomic E-state index is 12.8. The van der Waals surface area contributed by atoms with Crippen molar-refractivity contribution >= 4 is 27.4 Å². The summed E-state index contributed by atoms with van der Waals surface area (Å²) in [4.78, 5) is 15.4. The van der Waals surface area contributed by atoms with Gasteiger partial charge in [0.1, 0.15) is 5.75 Å². The molecule has 0 radical (unpaired) electrons. The fraction of sp³-hybridized carbons (Fsp3) is 0.667. The number of likely N-dealkylation sites (tertiary alicyclic amines) is 1. The van der Waals surface area contributed by atoms with Gasteiger partial charge in [0.2, 0.25) is 0 Å². The molecule has 1 heterocycles. The molecule has 1 aromatic carbocycles. The quantitative estimate of drug-likeness (QED) is 0.522. The van der Waals surface area contributed by atoms with Crippen LogP contribution in [-0.4, -0.2) is 37.4 Å². The van der Waals surface area contributed by atoms with Crippen LogP contribution in [0.4, 0.5) is 5.69 Å². The van der Waals surface area contributed by atoms with Gasteiger partial charge in [0.25, 0.3) is 0 Å². The Kier molecular flexibility index (Phi) is 6.98. The molecular weight excluding hydrogens is 392 g/mol. The van der Waals surface area contributed by atoms with Crippen molar-refractivity contribution in [2.45, 2.75) is 51.4 Å². The molecule has 5 heteroatoms. The number of nitrogens with two attached hydrogens (primary N) is 1. The molecule has 2 fully saturated rings. The highest BCUT2D eigenvalue weighted by atomic mass is 79.9. The van der Waals surface area contributed by atoms with Crippen molar-refractivity contribution in [2.24, 2.45) is 11.8 Å². The van der Waals surface area contributed by atoms with Crippen LogP contribution >= 0.6 is 15.9 Å². The highest BCUT2D eigenvalue weighted by Gasteiger charge is 2.25. The van der Waals surface area contributed by atoms with Gasteiger partial charge in [-0.1, -0.05) is 19.3 Å². The average molecular weight is 423 g/mol. The van der Waals surface area contributed by atoms with Crippen LogP contribution in [0.3, 0.4) is 0 Å². The van der Waals surface area contributed by atoms with Gasteiger partial charge in [-0.2, -0.15) is 0 Å². The molecule has 0 aromatic heterocycles. The molecule has 1 aliphatic carbocycles. The number of Topliss-reactive ketones (excluding diaryl/α,β-unsaturated/α-hetero) is 1. The van der Waals surface area contributed by atoms with Gasteiger partial charge in [-0.25, -0.2) is 0 Å². The number of benzene rings is 1. The van der Waals surface area contributed by atoms with E-state index in [9.17, 15) is 4.79 Å². The molecule has 1 saturated heterocycles. The highest BCUT2D eigenvalue weighted by Crippen LogP contribution is 2.32. The fourth-order valence-electron chi connectivity index (χ4n) is 4.44. The van der Waals surface area contributed by atoms with Crippen LogP contribution in [0.2, 0.25) is 0 Å². The summed E-state index contributed by atoms with van der Waals surface area (Å²) in [6, 6.07) is 3.53.